The first-order valence-corrected chi connectivity index (χ1v) is 6.40. The first-order chi connectivity index (χ1) is 9.39. The van der Waals surface area contributed by atoms with Crippen LogP contribution >= 0.6 is 0 Å². The molecule has 0 radical (unpaired) electrons. The Balaban J connectivity index is 2.10. The van der Waals surface area contributed by atoms with Crippen LogP contribution in [-0.4, -0.2) is 23.9 Å². The van der Waals surface area contributed by atoms with Gasteiger partial charge in [-0.3, -0.25) is 0 Å². The van der Waals surface area contributed by atoms with Gasteiger partial charge in [0.15, 0.2) is 11.6 Å². The quantitative estimate of drug-likeness (QED) is 0.729. The van der Waals surface area contributed by atoms with Gasteiger partial charge in [-0.15, -0.1) is 0 Å². The predicted octanol–water partition coefficient (Wildman–Crippen LogP) is 2.73. The highest BCUT2D eigenvalue weighted by Gasteiger charge is 2.30. The van der Waals surface area contributed by atoms with Gasteiger partial charge in [-0.05, 0) is 12.8 Å². The van der Waals surface area contributed by atoms with E-state index in [9.17, 15) is 18.3 Å². The topological polar surface area (TPSA) is 67.5 Å². The second-order valence-corrected chi connectivity index (χ2v) is 5.03. The maximum absolute atomic E-state index is 13.4. The van der Waals surface area contributed by atoms with Gasteiger partial charge in [0.1, 0.15) is 0 Å². The van der Waals surface area contributed by atoms with Crippen LogP contribution in [0.1, 0.15) is 25.7 Å². The summed E-state index contributed by atoms with van der Waals surface area (Å²) in [6.45, 7) is -2.88. The summed E-state index contributed by atoms with van der Waals surface area (Å²) in [5.41, 5.74) is 5.13. The van der Waals surface area contributed by atoms with Gasteiger partial charge in [0.2, 0.25) is 0 Å². The van der Waals surface area contributed by atoms with Crippen LogP contribution in [0.3, 0.4) is 0 Å². The highest BCUT2D eigenvalue weighted by Crippen LogP contribution is 2.32. The smallest absolute Gasteiger partial charge is 0.387 e. The molecule has 0 bridgehead atoms. The first kappa shape index (κ1) is 14.8. The van der Waals surface area contributed by atoms with E-state index in [1.807, 2.05) is 0 Å². The summed E-state index contributed by atoms with van der Waals surface area (Å²) in [7, 11) is 0. The highest BCUT2D eigenvalue weighted by molar-refractivity contribution is 5.68. The van der Waals surface area contributed by atoms with Crippen LogP contribution < -0.4 is 15.8 Å². The maximum atomic E-state index is 13.4. The number of hydrogen-bond donors (Lipinski definition) is 3. The number of rotatable bonds is 5. The normalized spacial score (nSPS) is 17.4. The summed E-state index contributed by atoms with van der Waals surface area (Å²) in [5.74, 6) is -1.52. The third-order valence-electron chi connectivity index (χ3n) is 3.46. The molecule has 0 unspecified atom stereocenters. The van der Waals surface area contributed by atoms with Crippen molar-refractivity contribution in [1.82, 2.24) is 0 Å². The molecule has 0 spiro atoms. The average molecular weight is 290 g/mol. The molecule has 0 aromatic heterocycles. The number of nitrogens with one attached hydrogen (secondary N) is 1. The van der Waals surface area contributed by atoms with Crippen molar-refractivity contribution in [2.75, 3.05) is 17.6 Å². The molecule has 1 saturated carbocycles. The Morgan fingerprint density at radius 2 is 2.00 bits per heavy atom. The van der Waals surface area contributed by atoms with Crippen molar-refractivity contribution in [3.8, 4) is 5.75 Å². The molecule has 1 fully saturated rings. The lowest BCUT2D eigenvalue weighted by Crippen LogP contribution is -2.33. The fourth-order valence-electron chi connectivity index (χ4n) is 2.38. The Morgan fingerprint density at radius 1 is 1.35 bits per heavy atom. The SMILES string of the molecule is Nc1cc(F)c(OC(F)F)cc1NCC1(O)CCCC1. The van der Waals surface area contributed by atoms with Crippen LogP contribution in [0.2, 0.25) is 0 Å². The fraction of sp³-hybridized carbons (Fsp3) is 0.538. The molecule has 4 N–H and O–H groups in total. The number of ether oxygens (including phenoxy) is 1. The van der Waals surface area contributed by atoms with Gasteiger partial charge in [0, 0.05) is 18.7 Å². The third-order valence-corrected chi connectivity index (χ3v) is 3.46. The number of alkyl halides is 2. The fourth-order valence-corrected chi connectivity index (χ4v) is 2.38. The number of nitrogen functional groups attached to an aromatic ring is 1. The minimum absolute atomic E-state index is 0.0747. The predicted molar refractivity (Wildman–Crippen MR) is 69.4 cm³/mol. The number of benzene rings is 1. The van der Waals surface area contributed by atoms with Crippen molar-refractivity contribution < 1.29 is 23.0 Å². The Hall–Kier alpha value is -1.63. The van der Waals surface area contributed by atoms with Crippen molar-refractivity contribution in [3.05, 3.63) is 17.9 Å². The van der Waals surface area contributed by atoms with E-state index in [2.05, 4.69) is 10.1 Å². The van der Waals surface area contributed by atoms with E-state index in [0.29, 0.717) is 12.8 Å². The van der Waals surface area contributed by atoms with E-state index in [1.54, 1.807) is 0 Å². The lowest BCUT2D eigenvalue weighted by Gasteiger charge is -2.23. The van der Waals surface area contributed by atoms with Gasteiger partial charge in [-0.25, -0.2) is 4.39 Å². The van der Waals surface area contributed by atoms with Crippen LogP contribution in [0.5, 0.6) is 5.75 Å². The first-order valence-electron chi connectivity index (χ1n) is 6.40. The molecule has 7 heteroatoms. The molecular formula is C13H17F3N2O2. The second-order valence-electron chi connectivity index (χ2n) is 5.03. The number of halogens is 3. The van der Waals surface area contributed by atoms with Crippen LogP contribution in [0.4, 0.5) is 24.5 Å². The Labute approximate surface area is 114 Å². The molecule has 1 aliphatic rings. The third kappa shape index (κ3) is 3.47. The number of hydrogen-bond acceptors (Lipinski definition) is 4. The van der Waals surface area contributed by atoms with Gasteiger partial charge in [0.25, 0.3) is 0 Å². The Morgan fingerprint density at radius 3 is 2.60 bits per heavy atom. The average Bonchev–Trinajstić information content (AvgIpc) is 2.78. The molecule has 20 heavy (non-hydrogen) atoms. The van der Waals surface area contributed by atoms with Crippen LogP contribution in [0.25, 0.3) is 0 Å². The minimum Gasteiger partial charge on any atom is -0.432 e. The van der Waals surface area contributed by atoms with E-state index < -0.39 is 23.8 Å². The Bertz CT molecular complexity index is 477. The molecular weight excluding hydrogens is 273 g/mol. The summed E-state index contributed by atoms with van der Waals surface area (Å²) >= 11 is 0. The number of nitrogens with two attached hydrogens (primary N) is 1. The molecule has 0 aliphatic heterocycles. The second kappa shape index (κ2) is 5.78. The van der Waals surface area contributed by atoms with E-state index >= 15 is 0 Å². The molecule has 0 heterocycles. The zero-order chi connectivity index (χ0) is 14.8. The van der Waals surface area contributed by atoms with Gasteiger partial charge in [0.05, 0.1) is 17.0 Å². The van der Waals surface area contributed by atoms with Crippen molar-refractivity contribution in [1.29, 1.82) is 0 Å². The molecule has 1 aromatic rings. The largest absolute Gasteiger partial charge is 0.432 e. The van der Waals surface area contributed by atoms with E-state index in [4.69, 9.17) is 5.73 Å². The lowest BCUT2D eigenvalue weighted by molar-refractivity contribution is -0.0521. The van der Waals surface area contributed by atoms with E-state index in [1.165, 1.54) is 0 Å². The molecule has 4 nitrogen and oxygen atoms in total. The standard InChI is InChI=1S/C13H17F3N2O2/c14-8-5-9(17)10(6-11(8)20-12(15)16)18-7-13(19)3-1-2-4-13/h5-6,12,18-19H,1-4,7,17H2. The monoisotopic (exact) mass is 290 g/mol. The summed E-state index contributed by atoms with van der Waals surface area (Å²) in [4.78, 5) is 0. The van der Waals surface area contributed by atoms with Gasteiger partial charge in [-0.1, -0.05) is 12.8 Å². The molecule has 1 aromatic carbocycles. The van der Waals surface area contributed by atoms with Crippen molar-refractivity contribution in [2.45, 2.75) is 37.9 Å². The highest BCUT2D eigenvalue weighted by atomic mass is 19.3. The van der Waals surface area contributed by atoms with Gasteiger partial charge in [-0.2, -0.15) is 8.78 Å². The zero-order valence-corrected chi connectivity index (χ0v) is 10.8. The minimum atomic E-state index is -3.11. The molecule has 112 valence electrons. The summed E-state index contributed by atoms with van der Waals surface area (Å²) in [5, 5.41) is 13.1. The van der Waals surface area contributed by atoms with E-state index in [0.717, 1.165) is 25.0 Å². The molecule has 0 saturated heterocycles. The summed E-state index contributed by atoms with van der Waals surface area (Å²) in [6, 6.07) is 1.99. The zero-order valence-electron chi connectivity index (χ0n) is 10.8. The van der Waals surface area contributed by atoms with Crippen molar-refractivity contribution in [3.63, 3.8) is 0 Å². The van der Waals surface area contributed by atoms with Crippen molar-refractivity contribution in [2.24, 2.45) is 0 Å². The maximum Gasteiger partial charge on any atom is 0.387 e. The molecule has 0 atom stereocenters. The summed E-state index contributed by atoms with van der Waals surface area (Å²) < 4.78 is 41.8. The molecule has 1 aliphatic carbocycles. The van der Waals surface area contributed by atoms with Crippen LogP contribution in [0, 0.1) is 5.82 Å². The van der Waals surface area contributed by atoms with Gasteiger partial charge >= 0.3 is 6.61 Å². The number of anilines is 2. The van der Waals surface area contributed by atoms with Crippen molar-refractivity contribution >= 4 is 11.4 Å². The number of aliphatic hydroxyl groups is 1. The summed E-state index contributed by atoms with van der Waals surface area (Å²) in [6.07, 6.45) is 3.22. The molecule has 0 amide bonds. The van der Waals surface area contributed by atoms with Crippen LogP contribution in [0.15, 0.2) is 12.1 Å². The van der Waals surface area contributed by atoms with Gasteiger partial charge < -0.3 is 20.9 Å². The molecule has 2 rings (SSSR count). The van der Waals surface area contributed by atoms with E-state index in [-0.39, 0.29) is 17.9 Å². The van der Waals surface area contributed by atoms with Crippen LogP contribution in [-0.2, 0) is 0 Å². The lowest BCUT2D eigenvalue weighted by atomic mass is 10.0. The Kier molecular flexibility index (Phi) is 4.27.